The molecule has 0 bridgehead atoms. The van der Waals surface area contributed by atoms with Crippen LogP contribution in [0.4, 0.5) is 48.1 Å². The summed E-state index contributed by atoms with van der Waals surface area (Å²) in [6.45, 7) is 1.62. The number of fused-ring (bicyclic) bond motifs is 1. The highest BCUT2D eigenvalue weighted by Gasteiger charge is 2.52. The molecule has 2 fully saturated rings. The number of hydrogen-bond acceptors (Lipinski definition) is 5. The number of hydrogen-bond donors (Lipinski definition) is 3. The van der Waals surface area contributed by atoms with Gasteiger partial charge in [-0.3, -0.25) is 9.59 Å². The minimum Gasteiger partial charge on any atom is -0.368 e. The zero-order valence-electron chi connectivity index (χ0n) is 26.8. The van der Waals surface area contributed by atoms with Gasteiger partial charge < -0.3 is 25.4 Å². The number of anilines is 3. The van der Waals surface area contributed by atoms with Gasteiger partial charge >= 0.3 is 12.4 Å². The number of carbonyl (C=O) groups excluding carboxylic acids is 2. The predicted octanol–water partition coefficient (Wildman–Crippen LogP) is 8.23. The van der Waals surface area contributed by atoms with Gasteiger partial charge in [0.05, 0.1) is 43.9 Å². The fourth-order valence-electron chi connectivity index (χ4n) is 6.03. The first-order valence-electron chi connectivity index (χ1n) is 15.6. The van der Waals surface area contributed by atoms with E-state index in [1.807, 2.05) is 0 Å². The molecule has 2 aromatic carbocycles. The molecule has 1 aliphatic carbocycles. The van der Waals surface area contributed by atoms with Crippen molar-refractivity contribution in [2.24, 2.45) is 18.4 Å². The minimum atomic E-state index is -4.77. The Kier molecular flexibility index (Phi) is 10.3. The molecule has 1 aliphatic heterocycles. The van der Waals surface area contributed by atoms with Gasteiger partial charge in [-0.2, -0.15) is 26.3 Å². The Hall–Kier alpha value is -3.46. The van der Waals surface area contributed by atoms with Crippen LogP contribution in [-0.2, 0) is 18.4 Å². The second kappa shape index (κ2) is 13.7. The zero-order valence-corrected chi connectivity index (χ0v) is 28.3. The molecule has 1 saturated carbocycles. The van der Waals surface area contributed by atoms with Crippen LogP contribution in [0, 0.1) is 11.3 Å². The summed E-state index contributed by atoms with van der Waals surface area (Å²) in [6.07, 6.45) is -9.72. The Labute approximate surface area is 287 Å². The molecule has 49 heavy (non-hydrogen) atoms. The molecule has 0 spiro atoms. The van der Waals surface area contributed by atoms with Gasteiger partial charge in [-0.25, -0.2) is 9.37 Å². The highest BCUT2D eigenvalue weighted by molar-refractivity contribution is 6.39. The smallest absolute Gasteiger partial charge is 0.368 e. The number of rotatable bonds is 8. The third-order valence-corrected chi connectivity index (χ3v) is 10.1. The lowest BCUT2D eigenvalue weighted by Gasteiger charge is -2.30. The van der Waals surface area contributed by atoms with Crippen molar-refractivity contribution in [3.63, 3.8) is 0 Å². The molecule has 3 N–H and O–H groups in total. The molecule has 2 amide bonds. The van der Waals surface area contributed by atoms with E-state index in [1.54, 1.807) is 22.6 Å². The molecule has 1 aromatic heterocycles. The van der Waals surface area contributed by atoms with Crippen molar-refractivity contribution >= 4 is 63.4 Å². The highest BCUT2D eigenvalue weighted by Crippen LogP contribution is 2.40. The summed E-state index contributed by atoms with van der Waals surface area (Å²) in [6, 6.07) is 5.70. The van der Waals surface area contributed by atoms with Crippen molar-refractivity contribution < 1.29 is 40.3 Å². The number of nitrogens with zero attached hydrogens (tertiary/aromatic N) is 3. The van der Waals surface area contributed by atoms with Crippen LogP contribution in [0.1, 0.15) is 61.9 Å². The molecule has 5 rings (SSSR count). The number of halogens is 9. The first-order valence-corrected chi connectivity index (χ1v) is 16.4. The Bertz CT molecular complexity index is 1740. The molecule has 8 nitrogen and oxygen atoms in total. The van der Waals surface area contributed by atoms with Crippen molar-refractivity contribution in [1.29, 1.82) is 0 Å². The van der Waals surface area contributed by atoms with Gasteiger partial charge in [-0.15, -0.1) is 0 Å². The van der Waals surface area contributed by atoms with Crippen molar-refractivity contribution in [1.82, 2.24) is 20.2 Å². The number of alkyl halides is 7. The van der Waals surface area contributed by atoms with E-state index in [9.17, 15) is 40.3 Å². The van der Waals surface area contributed by atoms with Crippen LogP contribution in [0.15, 0.2) is 24.3 Å². The van der Waals surface area contributed by atoms with E-state index in [-0.39, 0.29) is 78.0 Å². The Morgan fingerprint density at radius 2 is 1.67 bits per heavy atom. The van der Waals surface area contributed by atoms with Gasteiger partial charge in [0.15, 0.2) is 0 Å². The second-order valence-corrected chi connectivity index (χ2v) is 13.9. The standard InChI is InChI=1S/C32H35Cl2F7N6O2/c1-30(2,32(39,40)41)28(49)42-14-16-4-9-21(33)26(25(16)34)45-29-44-22-12-20(23(13-24(22)46(29)3)47-11-10-18(35)15-47)27(48)43-19-7-5-17(6-8-19)31(36,37)38/h4,9,12-13,17-19H,5-8,10-11,14-15H2,1-3H3,(H,42,49)(H,43,48)(H,44,45)/t17-,18-,19-/m1/s1. The quantitative estimate of drug-likeness (QED) is 0.203. The fourth-order valence-corrected chi connectivity index (χ4v) is 6.56. The first kappa shape index (κ1) is 36.8. The van der Waals surface area contributed by atoms with E-state index in [0.29, 0.717) is 23.3 Å². The van der Waals surface area contributed by atoms with E-state index in [2.05, 4.69) is 20.9 Å². The Balaban J connectivity index is 1.41. The normalized spacial score (nSPS) is 20.5. The lowest BCUT2D eigenvalue weighted by molar-refractivity contribution is -0.211. The van der Waals surface area contributed by atoms with Gasteiger partial charge in [0.2, 0.25) is 11.9 Å². The van der Waals surface area contributed by atoms with Crippen LogP contribution in [0.2, 0.25) is 10.0 Å². The first-order chi connectivity index (χ1) is 22.8. The summed E-state index contributed by atoms with van der Waals surface area (Å²) < 4.78 is 95.4. The van der Waals surface area contributed by atoms with Gasteiger partial charge in [0.1, 0.15) is 11.6 Å². The van der Waals surface area contributed by atoms with Gasteiger partial charge in [-0.05, 0) is 69.7 Å². The van der Waals surface area contributed by atoms with E-state index in [1.165, 1.54) is 18.2 Å². The summed E-state index contributed by atoms with van der Waals surface area (Å²) in [5.41, 5.74) is -0.650. The maximum absolute atomic E-state index is 14.3. The van der Waals surface area contributed by atoms with Gasteiger partial charge in [-0.1, -0.05) is 29.3 Å². The average Bonchev–Trinajstić information content (AvgIpc) is 3.59. The second-order valence-electron chi connectivity index (χ2n) is 13.1. The van der Waals surface area contributed by atoms with Crippen molar-refractivity contribution in [3.8, 4) is 0 Å². The molecule has 2 aliphatic rings. The number of nitrogens with one attached hydrogen (secondary N) is 3. The maximum atomic E-state index is 14.3. The summed E-state index contributed by atoms with van der Waals surface area (Å²) in [4.78, 5) is 32.3. The molecular weight excluding hydrogens is 704 g/mol. The molecule has 1 atom stereocenters. The number of carbonyl (C=O) groups is 2. The zero-order chi connectivity index (χ0) is 36.1. The van der Waals surface area contributed by atoms with Crippen LogP contribution in [0.3, 0.4) is 0 Å². The average molecular weight is 740 g/mol. The van der Waals surface area contributed by atoms with Crippen molar-refractivity contribution in [2.75, 3.05) is 23.3 Å². The van der Waals surface area contributed by atoms with E-state index in [0.717, 1.165) is 13.8 Å². The van der Waals surface area contributed by atoms with Crippen LogP contribution < -0.4 is 20.9 Å². The molecule has 0 radical (unpaired) electrons. The van der Waals surface area contributed by atoms with Crippen LogP contribution >= 0.6 is 23.2 Å². The Morgan fingerprint density at radius 1 is 1.00 bits per heavy atom. The molecule has 1 saturated heterocycles. The molecular formula is C32H35Cl2F7N6O2. The predicted molar refractivity (Wildman–Crippen MR) is 173 cm³/mol. The number of imidazole rings is 1. The third kappa shape index (κ3) is 7.67. The molecule has 268 valence electrons. The Morgan fingerprint density at radius 3 is 2.27 bits per heavy atom. The number of benzene rings is 2. The number of aryl methyl sites for hydroxylation is 1. The largest absolute Gasteiger partial charge is 0.402 e. The number of aromatic nitrogens is 2. The fraction of sp³-hybridized carbons (Fsp3) is 0.531. The lowest BCUT2D eigenvalue weighted by Crippen LogP contribution is -2.46. The van der Waals surface area contributed by atoms with Gasteiger partial charge in [0, 0.05) is 32.7 Å². The SMILES string of the molecule is Cn1c(Nc2c(Cl)ccc(CNC(=O)C(C)(C)C(F)(F)F)c2Cl)nc2cc(C(=O)N[C@H]3CC[C@H](C(F)(F)F)CC3)c(N3CC[C@@H](F)C3)cc21. The summed E-state index contributed by atoms with van der Waals surface area (Å²) in [5.74, 6) is -2.93. The van der Waals surface area contributed by atoms with E-state index < -0.39 is 47.7 Å². The minimum absolute atomic E-state index is 0.0247. The monoisotopic (exact) mass is 738 g/mol. The third-order valence-electron chi connectivity index (χ3n) is 9.36. The van der Waals surface area contributed by atoms with Gasteiger partial charge in [0.25, 0.3) is 5.91 Å². The maximum Gasteiger partial charge on any atom is 0.402 e. The molecule has 0 unspecified atom stereocenters. The van der Waals surface area contributed by atoms with Crippen molar-refractivity contribution in [3.05, 3.63) is 45.4 Å². The summed E-state index contributed by atoms with van der Waals surface area (Å²) >= 11 is 13.0. The topological polar surface area (TPSA) is 91.3 Å². The molecule has 2 heterocycles. The van der Waals surface area contributed by atoms with Crippen LogP contribution in [-0.4, -0.2) is 59.0 Å². The number of amides is 2. The van der Waals surface area contributed by atoms with E-state index >= 15 is 0 Å². The highest BCUT2D eigenvalue weighted by atomic mass is 35.5. The van der Waals surface area contributed by atoms with Crippen LogP contribution in [0.25, 0.3) is 11.0 Å². The molecule has 17 heteroatoms. The summed E-state index contributed by atoms with van der Waals surface area (Å²) in [5, 5.41) is 8.34. The van der Waals surface area contributed by atoms with Crippen molar-refractivity contribution in [2.45, 2.75) is 77.1 Å². The molecule has 3 aromatic rings. The lowest BCUT2D eigenvalue weighted by atomic mass is 9.85. The summed E-state index contributed by atoms with van der Waals surface area (Å²) in [7, 11) is 1.67. The van der Waals surface area contributed by atoms with Crippen LogP contribution in [0.5, 0.6) is 0 Å². The van der Waals surface area contributed by atoms with E-state index in [4.69, 9.17) is 23.2 Å².